The van der Waals surface area contributed by atoms with Gasteiger partial charge in [0.05, 0.1) is 19.1 Å². The van der Waals surface area contributed by atoms with Crippen molar-refractivity contribution in [1.29, 1.82) is 0 Å². The summed E-state index contributed by atoms with van der Waals surface area (Å²) in [6, 6.07) is 20.3. The van der Waals surface area contributed by atoms with Gasteiger partial charge in [0, 0.05) is 6.54 Å². The zero-order chi connectivity index (χ0) is 20.6. The van der Waals surface area contributed by atoms with Gasteiger partial charge in [-0.1, -0.05) is 54.6 Å². The van der Waals surface area contributed by atoms with Crippen molar-refractivity contribution < 1.29 is 23.9 Å². The summed E-state index contributed by atoms with van der Waals surface area (Å²) in [4.78, 5) is 35.3. The molecule has 3 aromatic rings. The van der Waals surface area contributed by atoms with Crippen LogP contribution in [0.5, 0.6) is 0 Å². The molecule has 3 aromatic carbocycles. The van der Waals surface area contributed by atoms with Crippen LogP contribution in [0.3, 0.4) is 0 Å². The number of amides is 1. The maximum absolute atomic E-state index is 12.0. The Morgan fingerprint density at radius 3 is 2.28 bits per heavy atom. The lowest BCUT2D eigenvalue weighted by Crippen LogP contribution is -2.28. The maximum atomic E-state index is 12.0. The Hall–Kier alpha value is -3.67. The number of carbonyl (C=O) groups excluding carboxylic acids is 3. The first-order chi connectivity index (χ1) is 14.0. The molecule has 0 saturated heterocycles. The summed E-state index contributed by atoms with van der Waals surface area (Å²) >= 11 is 0. The first-order valence-electron chi connectivity index (χ1n) is 9.12. The van der Waals surface area contributed by atoms with Crippen LogP contribution < -0.4 is 5.32 Å². The van der Waals surface area contributed by atoms with Gasteiger partial charge in [-0.05, 0) is 34.0 Å². The minimum atomic E-state index is -0.460. The molecule has 0 fully saturated rings. The van der Waals surface area contributed by atoms with Crippen molar-refractivity contribution in [2.24, 2.45) is 0 Å². The Balaban J connectivity index is 1.43. The van der Waals surface area contributed by atoms with Crippen molar-refractivity contribution in [3.05, 3.63) is 83.4 Å². The van der Waals surface area contributed by atoms with Crippen LogP contribution in [0, 0.1) is 0 Å². The molecule has 0 bridgehead atoms. The van der Waals surface area contributed by atoms with Crippen LogP contribution in [0.4, 0.5) is 0 Å². The lowest BCUT2D eigenvalue weighted by atomic mass is 10.1. The van der Waals surface area contributed by atoms with Crippen molar-refractivity contribution >= 4 is 28.6 Å². The van der Waals surface area contributed by atoms with Gasteiger partial charge in [-0.3, -0.25) is 9.59 Å². The minimum absolute atomic E-state index is 0.104. The molecule has 0 heterocycles. The van der Waals surface area contributed by atoms with Gasteiger partial charge in [-0.15, -0.1) is 0 Å². The zero-order valence-corrected chi connectivity index (χ0v) is 16.0. The van der Waals surface area contributed by atoms with E-state index in [9.17, 15) is 14.4 Å². The first kappa shape index (κ1) is 20.1. The number of ether oxygens (including phenoxy) is 2. The second kappa shape index (κ2) is 9.50. The molecule has 6 heteroatoms. The van der Waals surface area contributed by atoms with E-state index in [4.69, 9.17) is 4.74 Å². The highest BCUT2D eigenvalue weighted by Gasteiger charge is 2.10. The fourth-order valence-corrected chi connectivity index (χ4v) is 2.84. The van der Waals surface area contributed by atoms with Crippen LogP contribution in [-0.2, 0) is 32.0 Å². The Labute approximate surface area is 168 Å². The van der Waals surface area contributed by atoms with Gasteiger partial charge in [0.1, 0.15) is 0 Å². The monoisotopic (exact) mass is 391 g/mol. The predicted molar refractivity (Wildman–Crippen MR) is 108 cm³/mol. The molecule has 0 aliphatic rings. The fraction of sp³-hybridized carbons (Fsp3) is 0.174. The molecule has 6 nitrogen and oxygen atoms in total. The maximum Gasteiger partial charge on any atom is 0.337 e. The van der Waals surface area contributed by atoms with E-state index >= 15 is 0 Å². The van der Waals surface area contributed by atoms with Crippen molar-refractivity contribution in [3.63, 3.8) is 0 Å². The second-order valence-corrected chi connectivity index (χ2v) is 6.48. The van der Waals surface area contributed by atoms with Gasteiger partial charge < -0.3 is 14.8 Å². The molecule has 0 aliphatic carbocycles. The molecule has 29 heavy (non-hydrogen) atoms. The van der Waals surface area contributed by atoms with Gasteiger partial charge in [-0.25, -0.2) is 4.79 Å². The molecular formula is C23H21NO5. The average molecular weight is 391 g/mol. The van der Waals surface area contributed by atoms with Gasteiger partial charge in [-0.2, -0.15) is 0 Å². The lowest BCUT2D eigenvalue weighted by molar-refractivity contribution is -0.147. The molecule has 1 amide bonds. The van der Waals surface area contributed by atoms with E-state index in [0.717, 1.165) is 21.9 Å². The van der Waals surface area contributed by atoms with E-state index in [0.29, 0.717) is 5.56 Å². The molecule has 148 valence electrons. The molecular weight excluding hydrogens is 370 g/mol. The summed E-state index contributed by atoms with van der Waals surface area (Å²) in [6.07, 6.45) is 0.104. The highest BCUT2D eigenvalue weighted by atomic mass is 16.5. The average Bonchev–Trinajstić information content (AvgIpc) is 2.76. The summed E-state index contributed by atoms with van der Waals surface area (Å²) < 4.78 is 9.70. The zero-order valence-electron chi connectivity index (χ0n) is 16.0. The summed E-state index contributed by atoms with van der Waals surface area (Å²) in [5.41, 5.74) is 2.08. The van der Waals surface area contributed by atoms with Gasteiger partial charge in [0.25, 0.3) is 5.91 Å². The van der Waals surface area contributed by atoms with E-state index in [2.05, 4.69) is 10.1 Å². The molecule has 3 rings (SSSR count). The number of fused-ring (bicyclic) bond motifs is 1. The number of nitrogens with one attached hydrogen (secondary N) is 1. The van der Waals surface area contributed by atoms with E-state index in [1.807, 2.05) is 42.5 Å². The predicted octanol–water partition coefficient (Wildman–Crippen LogP) is 3.03. The van der Waals surface area contributed by atoms with Crippen molar-refractivity contribution in [2.45, 2.75) is 13.0 Å². The molecule has 0 unspecified atom stereocenters. The minimum Gasteiger partial charge on any atom is -0.465 e. The van der Waals surface area contributed by atoms with Crippen LogP contribution in [0.25, 0.3) is 10.8 Å². The third-order valence-corrected chi connectivity index (χ3v) is 4.39. The van der Waals surface area contributed by atoms with Gasteiger partial charge in [0.15, 0.2) is 6.61 Å². The van der Waals surface area contributed by atoms with E-state index in [1.165, 1.54) is 7.11 Å². The smallest absolute Gasteiger partial charge is 0.337 e. The number of esters is 2. The first-order valence-corrected chi connectivity index (χ1v) is 9.12. The summed E-state index contributed by atoms with van der Waals surface area (Å²) in [5.74, 6) is -1.27. The molecule has 0 aromatic heterocycles. The highest BCUT2D eigenvalue weighted by molar-refractivity contribution is 5.89. The standard InChI is InChI=1S/C23H21NO5/c1-28-23(27)19-10-6-16(7-11-19)14-24-21(25)15-29-22(26)13-17-8-9-18-4-2-3-5-20(18)12-17/h2-12H,13-15H2,1H3,(H,24,25). The quantitative estimate of drug-likeness (QED) is 0.626. The number of methoxy groups -OCH3 is 1. The van der Waals surface area contributed by atoms with Crippen LogP contribution >= 0.6 is 0 Å². The lowest BCUT2D eigenvalue weighted by Gasteiger charge is -2.08. The largest absolute Gasteiger partial charge is 0.465 e. The van der Waals surface area contributed by atoms with Crippen molar-refractivity contribution in [2.75, 3.05) is 13.7 Å². The second-order valence-electron chi connectivity index (χ2n) is 6.48. The number of hydrogen-bond donors (Lipinski definition) is 1. The molecule has 1 N–H and O–H groups in total. The van der Waals surface area contributed by atoms with E-state index in [1.54, 1.807) is 24.3 Å². The normalized spacial score (nSPS) is 10.4. The van der Waals surface area contributed by atoms with Crippen LogP contribution in [0.1, 0.15) is 21.5 Å². The van der Waals surface area contributed by atoms with Crippen molar-refractivity contribution in [3.8, 4) is 0 Å². The molecule has 0 aliphatic heterocycles. The highest BCUT2D eigenvalue weighted by Crippen LogP contribution is 2.16. The molecule has 0 spiro atoms. The van der Waals surface area contributed by atoms with E-state index < -0.39 is 17.8 Å². The summed E-state index contributed by atoms with van der Waals surface area (Å²) in [7, 11) is 1.32. The summed E-state index contributed by atoms with van der Waals surface area (Å²) in [6.45, 7) is -0.0742. The Morgan fingerprint density at radius 2 is 1.55 bits per heavy atom. The number of hydrogen-bond acceptors (Lipinski definition) is 5. The Bertz CT molecular complexity index is 1030. The topological polar surface area (TPSA) is 81.7 Å². The summed E-state index contributed by atoms with van der Waals surface area (Å²) in [5, 5.41) is 4.82. The third kappa shape index (κ3) is 5.65. The van der Waals surface area contributed by atoms with Gasteiger partial charge in [0.2, 0.25) is 0 Å². The number of benzene rings is 3. The Kier molecular flexibility index (Phi) is 6.58. The van der Waals surface area contributed by atoms with Gasteiger partial charge >= 0.3 is 11.9 Å². The molecule has 0 atom stereocenters. The molecule has 0 radical (unpaired) electrons. The molecule has 0 saturated carbocycles. The SMILES string of the molecule is COC(=O)c1ccc(CNC(=O)COC(=O)Cc2ccc3ccccc3c2)cc1. The number of rotatable bonds is 7. The fourth-order valence-electron chi connectivity index (χ4n) is 2.84. The van der Waals surface area contributed by atoms with Crippen molar-refractivity contribution in [1.82, 2.24) is 5.32 Å². The Morgan fingerprint density at radius 1 is 0.862 bits per heavy atom. The third-order valence-electron chi connectivity index (χ3n) is 4.39. The number of carbonyl (C=O) groups is 3. The van der Waals surface area contributed by atoms with Crippen LogP contribution in [0.2, 0.25) is 0 Å². The van der Waals surface area contributed by atoms with Crippen LogP contribution in [0.15, 0.2) is 66.7 Å². The van der Waals surface area contributed by atoms with Crippen LogP contribution in [-0.4, -0.2) is 31.6 Å². The van der Waals surface area contributed by atoms with E-state index in [-0.39, 0.29) is 19.6 Å².